The van der Waals surface area contributed by atoms with Crippen LogP contribution in [-0.2, 0) is 3.79 Å². The van der Waals surface area contributed by atoms with E-state index < -0.39 is 0 Å². The molecule has 0 aromatic carbocycles. The number of rotatable bonds is 9. The van der Waals surface area contributed by atoms with E-state index in [1.165, 1.54) is 44.9 Å². The topological polar surface area (TPSA) is 9.23 Å². The molecule has 0 heterocycles. The lowest BCUT2D eigenvalue weighted by atomic mass is 10.1. The molecule has 2 heteroatoms. The van der Waals surface area contributed by atoms with E-state index in [9.17, 15) is 0 Å². The van der Waals surface area contributed by atoms with E-state index in [4.69, 9.17) is 3.79 Å². The smallest absolute Gasteiger partial charge is 0.410 e. The summed E-state index contributed by atoms with van der Waals surface area (Å²) in [7, 11) is 0. The highest BCUT2D eigenvalue weighted by atomic mass is 27.1. The molecule has 1 radical (unpaired) electrons. The number of hydrogen-bond donors (Lipinski definition) is 0. The van der Waals surface area contributed by atoms with Crippen molar-refractivity contribution in [3.8, 4) is 0 Å². The van der Waals surface area contributed by atoms with Crippen LogP contribution in [-0.4, -0.2) is 23.2 Å². The molecular weight excluding hydrogens is 199 g/mol. The summed E-state index contributed by atoms with van der Waals surface area (Å²) in [4.78, 5) is 0. The molecule has 0 N–H and O–H groups in total. The largest absolute Gasteiger partial charge is 0.506 e. The van der Waals surface area contributed by atoms with Crippen molar-refractivity contribution in [2.75, 3.05) is 6.61 Å². The van der Waals surface area contributed by atoms with Crippen molar-refractivity contribution in [2.45, 2.75) is 71.6 Å². The second-order valence-corrected chi connectivity index (χ2v) is 4.55. The third-order valence-corrected chi connectivity index (χ3v) is 2.67. The summed E-state index contributed by atoms with van der Waals surface area (Å²) < 4.78 is 4.83. The van der Waals surface area contributed by atoms with E-state index in [0.717, 1.165) is 36.1 Å². The van der Waals surface area contributed by atoms with Crippen molar-refractivity contribution < 1.29 is 3.79 Å². The van der Waals surface area contributed by atoms with Gasteiger partial charge in [0.1, 0.15) is 0 Å². The minimum atomic E-state index is 0.899. The average Bonchev–Trinajstić information content (AvgIpc) is 2.25. The molecule has 0 aliphatic carbocycles. The van der Waals surface area contributed by atoms with Crippen LogP contribution in [0.4, 0.5) is 0 Å². The lowest BCUT2D eigenvalue weighted by Crippen LogP contribution is -1.83. The maximum atomic E-state index is 4.83. The Morgan fingerprint density at radius 1 is 0.867 bits per heavy atom. The molecule has 0 atom stereocenters. The Morgan fingerprint density at radius 2 is 1.40 bits per heavy atom. The van der Waals surface area contributed by atoms with Gasteiger partial charge in [-0.05, 0) is 6.42 Å². The Labute approximate surface area is 106 Å². The summed E-state index contributed by atoms with van der Waals surface area (Å²) in [6.07, 6.45) is 12.1. The quantitative estimate of drug-likeness (QED) is 0.430. The zero-order chi connectivity index (χ0) is 11.8. The molecule has 0 aliphatic rings. The molecule has 0 saturated heterocycles. The van der Waals surface area contributed by atoms with Gasteiger partial charge in [-0.15, -0.1) is 0 Å². The highest BCUT2D eigenvalue weighted by Crippen LogP contribution is 2.07. The van der Waals surface area contributed by atoms with Crippen molar-refractivity contribution in [1.29, 1.82) is 0 Å². The minimum Gasteiger partial charge on any atom is -0.506 e. The lowest BCUT2D eigenvalue weighted by molar-refractivity contribution is 0.349. The summed E-state index contributed by atoms with van der Waals surface area (Å²) in [5, 5.41) is 0. The summed E-state index contributed by atoms with van der Waals surface area (Å²) in [5.74, 6) is 0. The van der Waals surface area contributed by atoms with Crippen molar-refractivity contribution in [3.05, 3.63) is 6.92 Å². The first-order valence-electron chi connectivity index (χ1n) is 6.61. The first-order valence-corrected chi connectivity index (χ1v) is 7.43. The number of hydrogen-bond acceptors (Lipinski definition) is 1. The number of unbranched alkanes of at least 4 members (excludes halogenated alkanes) is 7. The van der Waals surface area contributed by atoms with E-state index >= 15 is 0 Å². The van der Waals surface area contributed by atoms with Crippen LogP contribution in [0, 0.1) is 6.92 Å². The van der Waals surface area contributed by atoms with E-state index in [-0.39, 0.29) is 0 Å². The zero-order valence-electron chi connectivity index (χ0n) is 11.2. The van der Waals surface area contributed by atoms with Gasteiger partial charge in [-0.25, -0.2) is 0 Å². The monoisotopic (exact) mass is 229 g/mol. The fraction of sp³-hybridized carbons (Fsp3) is 0.923. The van der Waals surface area contributed by atoms with Crippen LogP contribution in [0.15, 0.2) is 0 Å². The Morgan fingerprint density at radius 3 is 1.73 bits per heavy atom. The van der Waals surface area contributed by atoms with E-state index in [1.54, 1.807) is 0 Å². The molecule has 0 bridgehead atoms. The predicted octanol–water partition coefficient (Wildman–Crippen LogP) is 3.92. The summed E-state index contributed by atoms with van der Waals surface area (Å²) >= 11 is 0.899. The molecule has 0 saturated carbocycles. The van der Waals surface area contributed by atoms with Gasteiger partial charge in [-0.1, -0.05) is 72.1 Å². The molecule has 0 unspecified atom stereocenters. The van der Waals surface area contributed by atoms with Crippen LogP contribution in [0.5, 0.6) is 0 Å². The Hall–Kier alpha value is 0.492. The average molecular weight is 229 g/mol. The molecule has 0 aromatic rings. The molecule has 0 rings (SSSR count). The zero-order valence-corrected chi connectivity index (χ0v) is 13.2. The van der Waals surface area contributed by atoms with Gasteiger partial charge < -0.3 is 3.79 Å². The van der Waals surface area contributed by atoms with Crippen LogP contribution in [0.25, 0.3) is 0 Å². The van der Waals surface area contributed by atoms with Gasteiger partial charge in [0.25, 0.3) is 0 Å². The van der Waals surface area contributed by atoms with Gasteiger partial charge in [0.15, 0.2) is 0 Å². The van der Waals surface area contributed by atoms with Gasteiger partial charge in [0, 0.05) is 6.61 Å². The van der Waals surface area contributed by atoms with E-state index in [0.29, 0.717) is 0 Å². The van der Waals surface area contributed by atoms with Crippen LogP contribution in [0.3, 0.4) is 0 Å². The highest BCUT2D eigenvalue weighted by molar-refractivity contribution is 5.97. The third kappa shape index (κ3) is 25.1. The third-order valence-electron chi connectivity index (χ3n) is 2.26. The molecule has 15 heavy (non-hydrogen) atoms. The van der Waals surface area contributed by atoms with Crippen molar-refractivity contribution >= 4 is 16.6 Å². The standard InChI is InChI=1S/C10H21.C3H7O.Al.2H/c1-3-5-7-9-10-8-6-4-2;1-2-3-4;;;/h1,3-10H2,2H3;2-3H2,1H3;;;/q;-1;+1;;. The van der Waals surface area contributed by atoms with Crippen LogP contribution < -0.4 is 0 Å². The Bertz CT molecular complexity index is 76.6. The molecule has 0 aromatic heterocycles. The van der Waals surface area contributed by atoms with Crippen LogP contribution in [0.2, 0.25) is 0 Å². The molecule has 91 valence electrons. The molecule has 0 fully saturated rings. The van der Waals surface area contributed by atoms with Gasteiger partial charge in [0.05, 0.1) is 0 Å². The van der Waals surface area contributed by atoms with Crippen molar-refractivity contribution in [3.63, 3.8) is 0 Å². The Kier molecular flexibility index (Phi) is 23.8. The summed E-state index contributed by atoms with van der Waals surface area (Å²) in [6.45, 7) is 9.14. The normalized spacial score (nSPS) is 9.53. The Balaban J connectivity index is 0. The second-order valence-electron chi connectivity index (χ2n) is 3.97. The minimum absolute atomic E-state index is 0.899. The molecule has 0 amide bonds. The summed E-state index contributed by atoms with van der Waals surface area (Å²) in [5.41, 5.74) is 0. The van der Waals surface area contributed by atoms with Crippen molar-refractivity contribution in [2.24, 2.45) is 0 Å². The predicted molar refractivity (Wildman–Crippen MR) is 72.8 cm³/mol. The van der Waals surface area contributed by atoms with Crippen molar-refractivity contribution in [1.82, 2.24) is 0 Å². The van der Waals surface area contributed by atoms with Crippen LogP contribution in [0.1, 0.15) is 71.6 Å². The maximum absolute atomic E-state index is 4.83. The maximum Gasteiger partial charge on any atom is 0.410 e. The molecular formula is C13H30AlO. The lowest BCUT2D eigenvalue weighted by Gasteiger charge is -1.97. The van der Waals surface area contributed by atoms with E-state index in [2.05, 4.69) is 20.8 Å². The van der Waals surface area contributed by atoms with Gasteiger partial charge in [0.2, 0.25) is 0 Å². The second kappa shape index (κ2) is 20.0. The fourth-order valence-corrected chi connectivity index (χ4v) is 1.75. The van der Waals surface area contributed by atoms with E-state index in [1.807, 2.05) is 0 Å². The summed E-state index contributed by atoms with van der Waals surface area (Å²) in [6, 6.07) is 0. The van der Waals surface area contributed by atoms with Gasteiger partial charge in [-0.3, -0.25) is 0 Å². The molecule has 0 spiro atoms. The molecule has 0 aliphatic heterocycles. The molecule has 1 nitrogen and oxygen atoms in total. The first kappa shape index (κ1) is 17.9. The van der Waals surface area contributed by atoms with Gasteiger partial charge >= 0.3 is 16.6 Å². The first-order chi connectivity index (χ1) is 7.33. The van der Waals surface area contributed by atoms with Gasteiger partial charge in [-0.2, -0.15) is 0 Å². The SMILES string of the molecule is CCC[O][AlH2].[CH2]CCCCCCCCC. The highest BCUT2D eigenvalue weighted by Gasteiger charge is 1.87. The van der Waals surface area contributed by atoms with Crippen LogP contribution >= 0.6 is 0 Å². The fourth-order valence-electron chi connectivity index (χ4n) is 1.34.